The van der Waals surface area contributed by atoms with Gasteiger partial charge in [0.25, 0.3) is 0 Å². The third kappa shape index (κ3) is 2.43. The molecule has 0 fully saturated rings. The summed E-state index contributed by atoms with van der Waals surface area (Å²) < 4.78 is 1.05. The van der Waals surface area contributed by atoms with Crippen LogP contribution in [0.15, 0.2) is 36.7 Å². The van der Waals surface area contributed by atoms with Crippen molar-refractivity contribution in [1.29, 1.82) is 0 Å². The molecule has 1 N–H and O–H groups in total. The van der Waals surface area contributed by atoms with Crippen molar-refractivity contribution in [3.63, 3.8) is 0 Å². The van der Waals surface area contributed by atoms with Crippen molar-refractivity contribution >= 4 is 43.3 Å². The molecule has 4 rings (SSSR count). The van der Waals surface area contributed by atoms with E-state index in [1.807, 2.05) is 19.1 Å². The molecule has 0 aliphatic rings. The molecule has 3 aromatic heterocycles. The van der Waals surface area contributed by atoms with Crippen LogP contribution in [-0.2, 0) is 0 Å². The summed E-state index contributed by atoms with van der Waals surface area (Å²) in [6.45, 7) is 6.21. The van der Waals surface area contributed by atoms with Crippen LogP contribution >= 0.6 is 11.3 Å². The second-order valence-electron chi connectivity index (χ2n) is 5.76. The number of hydrogen-bond acceptors (Lipinski definition) is 5. The van der Waals surface area contributed by atoms with Gasteiger partial charge in [-0.15, -0.1) is 11.3 Å². The topological polar surface area (TPSA) is 50.7 Å². The maximum atomic E-state index is 4.66. The molecule has 4 nitrogen and oxygen atoms in total. The highest BCUT2D eigenvalue weighted by Gasteiger charge is 2.14. The Balaban J connectivity index is 1.92. The lowest BCUT2D eigenvalue weighted by atomic mass is 10.1. The van der Waals surface area contributed by atoms with E-state index >= 15 is 0 Å². The third-order valence-corrected chi connectivity index (χ3v) is 4.91. The van der Waals surface area contributed by atoms with E-state index < -0.39 is 0 Å². The molecule has 0 amide bonds. The van der Waals surface area contributed by atoms with Crippen LogP contribution in [0.5, 0.6) is 0 Å². The van der Waals surface area contributed by atoms with Gasteiger partial charge in [0, 0.05) is 16.8 Å². The molecule has 0 radical (unpaired) electrons. The largest absolute Gasteiger partial charge is 0.339 e. The molecule has 0 aliphatic heterocycles. The second kappa shape index (κ2) is 5.28. The van der Waals surface area contributed by atoms with Crippen LogP contribution in [0.25, 0.3) is 20.4 Å². The normalized spacial score (nSPS) is 11.3. The Morgan fingerprint density at radius 2 is 1.91 bits per heavy atom. The van der Waals surface area contributed by atoms with Crippen LogP contribution in [0.1, 0.15) is 16.8 Å². The average Bonchev–Trinajstić information content (AvgIpc) is 2.86. The van der Waals surface area contributed by atoms with Gasteiger partial charge in [-0.2, -0.15) is 0 Å². The lowest BCUT2D eigenvalue weighted by Gasteiger charge is -2.06. The zero-order valence-electron chi connectivity index (χ0n) is 13.2. The zero-order valence-corrected chi connectivity index (χ0v) is 14.0. The minimum absolute atomic E-state index is 0.834. The fourth-order valence-electron chi connectivity index (χ4n) is 2.86. The number of anilines is 2. The monoisotopic (exact) mass is 320 g/mol. The van der Waals surface area contributed by atoms with E-state index in [0.717, 1.165) is 37.6 Å². The zero-order chi connectivity index (χ0) is 16.0. The summed E-state index contributed by atoms with van der Waals surface area (Å²) in [7, 11) is 0. The molecule has 0 aliphatic carbocycles. The Kier molecular flexibility index (Phi) is 3.23. The van der Waals surface area contributed by atoms with E-state index in [1.165, 1.54) is 11.1 Å². The Bertz CT molecular complexity index is 1040. The van der Waals surface area contributed by atoms with Crippen LogP contribution < -0.4 is 5.32 Å². The summed E-state index contributed by atoms with van der Waals surface area (Å²) in [4.78, 5) is 14.6. The molecule has 0 bridgehead atoms. The van der Waals surface area contributed by atoms with Gasteiger partial charge >= 0.3 is 0 Å². The fraction of sp³-hybridized carbons (Fsp3) is 0.167. The van der Waals surface area contributed by atoms with Gasteiger partial charge in [0.1, 0.15) is 11.2 Å². The number of aryl methyl sites for hydroxylation is 3. The summed E-state index contributed by atoms with van der Waals surface area (Å²) in [6, 6.07) is 10.4. The fourth-order valence-corrected chi connectivity index (χ4v) is 4.05. The van der Waals surface area contributed by atoms with Crippen molar-refractivity contribution in [3.05, 3.63) is 53.5 Å². The summed E-state index contributed by atoms with van der Waals surface area (Å²) in [5.74, 6) is 0.834. The number of hydrogen-bond donors (Lipinski definition) is 1. The Hall–Kier alpha value is -2.53. The van der Waals surface area contributed by atoms with Crippen LogP contribution in [0.2, 0.25) is 0 Å². The molecular weight excluding hydrogens is 304 g/mol. The number of fused-ring (bicyclic) bond motifs is 3. The first-order valence-corrected chi connectivity index (χ1v) is 8.28. The van der Waals surface area contributed by atoms with Crippen molar-refractivity contribution in [2.75, 3.05) is 5.32 Å². The molecular formula is C18H16N4S. The Morgan fingerprint density at radius 1 is 1.04 bits per heavy atom. The highest BCUT2D eigenvalue weighted by Crippen LogP contribution is 2.37. The highest BCUT2D eigenvalue weighted by atomic mass is 32.1. The molecule has 0 unspecified atom stereocenters. The lowest BCUT2D eigenvalue weighted by Crippen LogP contribution is -1.94. The van der Waals surface area contributed by atoms with Crippen molar-refractivity contribution in [1.82, 2.24) is 15.0 Å². The quantitative estimate of drug-likeness (QED) is 0.570. The molecule has 0 spiro atoms. The predicted molar refractivity (Wildman–Crippen MR) is 96.7 cm³/mol. The van der Waals surface area contributed by atoms with Gasteiger partial charge in [-0.05, 0) is 50.1 Å². The number of nitrogens with zero attached hydrogens (tertiary/aromatic N) is 3. The number of benzene rings is 1. The van der Waals surface area contributed by atoms with Gasteiger partial charge in [0.15, 0.2) is 5.82 Å². The van der Waals surface area contributed by atoms with E-state index in [2.05, 4.69) is 52.3 Å². The van der Waals surface area contributed by atoms with Gasteiger partial charge in [0.2, 0.25) is 0 Å². The summed E-state index contributed by atoms with van der Waals surface area (Å²) in [6.07, 6.45) is 1.62. The molecule has 0 saturated heterocycles. The van der Waals surface area contributed by atoms with Crippen molar-refractivity contribution in [2.45, 2.75) is 20.8 Å². The first-order valence-electron chi connectivity index (χ1n) is 7.47. The van der Waals surface area contributed by atoms with Crippen molar-refractivity contribution in [3.8, 4) is 0 Å². The number of nitrogens with one attached hydrogen (secondary N) is 1. The number of thiophene rings is 1. The lowest BCUT2D eigenvalue weighted by molar-refractivity contribution is 1.22. The summed E-state index contributed by atoms with van der Waals surface area (Å²) >= 11 is 1.64. The van der Waals surface area contributed by atoms with E-state index in [-0.39, 0.29) is 0 Å². The molecule has 5 heteroatoms. The molecule has 4 aromatic rings. The van der Waals surface area contributed by atoms with Gasteiger partial charge < -0.3 is 5.32 Å². The molecule has 3 heterocycles. The number of aromatic nitrogens is 3. The second-order valence-corrected chi connectivity index (χ2v) is 6.76. The Labute approximate surface area is 138 Å². The van der Waals surface area contributed by atoms with Gasteiger partial charge in [-0.1, -0.05) is 12.1 Å². The van der Waals surface area contributed by atoms with Gasteiger partial charge in [-0.3, -0.25) is 0 Å². The van der Waals surface area contributed by atoms with Crippen LogP contribution in [0, 0.1) is 20.8 Å². The Morgan fingerprint density at radius 3 is 2.74 bits per heavy atom. The molecule has 0 saturated carbocycles. The maximum Gasteiger partial charge on any atom is 0.151 e. The van der Waals surface area contributed by atoms with Crippen LogP contribution in [-0.4, -0.2) is 15.0 Å². The summed E-state index contributed by atoms with van der Waals surface area (Å²) in [5.41, 5.74) is 5.45. The predicted octanol–water partition coefficient (Wildman–Crippen LogP) is 4.91. The van der Waals surface area contributed by atoms with Crippen molar-refractivity contribution < 1.29 is 0 Å². The van der Waals surface area contributed by atoms with Gasteiger partial charge in [0.05, 0.1) is 10.2 Å². The average molecular weight is 320 g/mol. The van der Waals surface area contributed by atoms with E-state index in [4.69, 9.17) is 0 Å². The van der Waals surface area contributed by atoms with E-state index in [1.54, 1.807) is 17.7 Å². The van der Waals surface area contributed by atoms with Crippen LogP contribution in [0.3, 0.4) is 0 Å². The number of pyridine rings is 1. The molecule has 0 atom stereocenters. The minimum atomic E-state index is 0.834. The number of rotatable bonds is 2. The third-order valence-electron chi connectivity index (χ3n) is 3.83. The SMILES string of the molecule is Cc1cccc(Nc2ncnc3c2sc2nc(C)cc(C)c23)c1. The molecule has 114 valence electrons. The standard InChI is InChI=1S/C18H16N4S/c1-10-5-4-6-13(7-10)22-17-16-15(19-9-20-17)14-11(2)8-12(3)21-18(14)23-16/h4-9H,1-3H3,(H,19,20,22). The highest BCUT2D eigenvalue weighted by molar-refractivity contribution is 7.26. The minimum Gasteiger partial charge on any atom is -0.339 e. The first-order chi connectivity index (χ1) is 11.1. The first kappa shape index (κ1) is 14.1. The smallest absolute Gasteiger partial charge is 0.151 e. The van der Waals surface area contributed by atoms with E-state index in [0.29, 0.717) is 0 Å². The van der Waals surface area contributed by atoms with E-state index in [9.17, 15) is 0 Å². The van der Waals surface area contributed by atoms with Crippen LogP contribution in [0.4, 0.5) is 11.5 Å². The molecule has 1 aromatic carbocycles. The maximum absolute atomic E-state index is 4.66. The molecule has 23 heavy (non-hydrogen) atoms. The summed E-state index contributed by atoms with van der Waals surface area (Å²) in [5, 5.41) is 4.54. The van der Waals surface area contributed by atoms with Crippen molar-refractivity contribution in [2.24, 2.45) is 0 Å². The van der Waals surface area contributed by atoms with Gasteiger partial charge in [-0.25, -0.2) is 15.0 Å².